The number of nitrogens with two attached hydrogens (primary N) is 1. The van der Waals surface area contributed by atoms with E-state index in [0.717, 1.165) is 4.47 Å². The van der Waals surface area contributed by atoms with Gasteiger partial charge in [0.05, 0.1) is 12.0 Å². The van der Waals surface area contributed by atoms with E-state index in [0.29, 0.717) is 11.4 Å². The highest BCUT2D eigenvalue weighted by molar-refractivity contribution is 9.10. The average molecular weight is 317 g/mol. The zero-order chi connectivity index (χ0) is 12.4. The van der Waals surface area contributed by atoms with E-state index in [1.54, 1.807) is 18.2 Å². The maximum absolute atomic E-state index is 11.2. The second-order valence-corrected chi connectivity index (χ2v) is 4.43. The van der Waals surface area contributed by atoms with Crippen LogP contribution in [-0.2, 0) is 0 Å². The molecular weight excluding hydrogens is 309 g/mol. The third-order valence-corrected chi connectivity index (χ3v) is 2.77. The Morgan fingerprint density at radius 3 is 2.94 bits per heavy atom. The molecule has 0 saturated heterocycles. The fourth-order valence-corrected chi connectivity index (χ4v) is 1.67. The molecule has 1 heterocycles. The number of benzene rings is 1. The van der Waals surface area contributed by atoms with Crippen molar-refractivity contribution in [2.75, 3.05) is 5.73 Å². The fourth-order valence-electron chi connectivity index (χ4n) is 1.15. The normalized spacial score (nSPS) is 10.2. The molecule has 0 aliphatic carbocycles. The fraction of sp³-hybridized carbons (Fsp3) is 0. The van der Waals surface area contributed by atoms with Gasteiger partial charge in [-0.2, -0.15) is 0 Å². The lowest BCUT2D eigenvalue weighted by atomic mass is 10.3. The van der Waals surface area contributed by atoms with E-state index in [9.17, 15) is 4.79 Å². The molecule has 3 N–H and O–H groups in total. The summed E-state index contributed by atoms with van der Waals surface area (Å²) in [5.74, 6) is 0.401. The first kappa shape index (κ1) is 11.9. The zero-order valence-corrected chi connectivity index (χ0v) is 10.7. The summed E-state index contributed by atoms with van der Waals surface area (Å²) in [6.07, 6.45) is 1.21. The lowest BCUT2D eigenvalue weighted by molar-refractivity contribution is 0.463. The highest BCUT2D eigenvalue weighted by Gasteiger charge is 2.10. The van der Waals surface area contributed by atoms with E-state index in [2.05, 4.69) is 25.9 Å². The average Bonchev–Trinajstić information content (AvgIpc) is 2.28. The van der Waals surface area contributed by atoms with Gasteiger partial charge >= 0.3 is 0 Å². The van der Waals surface area contributed by atoms with E-state index in [1.165, 1.54) is 6.33 Å². The summed E-state index contributed by atoms with van der Waals surface area (Å²) >= 11 is 9.02. The maximum Gasteiger partial charge on any atom is 0.273 e. The minimum Gasteiger partial charge on any atom is -0.435 e. The first-order chi connectivity index (χ1) is 8.08. The molecule has 0 atom stereocenters. The van der Waals surface area contributed by atoms with Crippen LogP contribution in [0.2, 0.25) is 5.02 Å². The van der Waals surface area contributed by atoms with Crippen LogP contribution >= 0.6 is 27.5 Å². The van der Waals surface area contributed by atoms with Gasteiger partial charge in [-0.15, -0.1) is 0 Å². The van der Waals surface area contributed by atoms with Gasteiger partial charge in [0.25, 0.3) is 5.56 Å². The Balaban J connectivity index is 2.38. The van der Waals surface area contributed by atoms with Crippen molar-refractivity contribution >= 4 is 33.2 Å². The van der Waals surface area contributed by atoms with Crippen molar-refractivity contribution in [3.8, 4) is 11.6 Å². The number of aromatic amines is 1. The number of halogens is 2. The highest BCUT2D eigenvalue weighted by Crippen LogP contribution is 2.30. The standard InChI is InChI=1S/C10H7BrClN3O2/c11-5-1-2-7(6(13)3-5)17-10-8(12)9(16)14-4-15-10/h1-4H,13H2,(H,14,15,16). The predicted molar refractivity (Wildman–Crippen MR) is 68.5 cm³/mol. The molecule has 1 aromatic heterocycles. The first-order valence-corrected chi connectivity index (χ1v) is 5.71. The van der Waals surface area contributed by atoms with Gasteiger partial charge in [0.15, 0.2) is 10.8 Å². The molecule has 0 unspecified atom stereocenters. The van der Waals surface area contributed by atoms with Crippen LogP contribution < -0.4 is 16.0 Å². The number of H-pyrrole nitrogens is 1. The van der Waals surface area contributed by atoms with Crippen LogP contribution in [0.1, 0.15) is 0 Å². The summed E-state index contributed by atoms with van der Waals surface area (Å²) in [5, 5.41) is -0.116. The Hall–Kier alpha value is -1.53. The number of hydrogen-bond donors (Lipinski definition) is 2. The third-order valence-electron chi connectivity index (χ3n) is 1.94. The summed E-state index contributed by atoms with van der Waals surface area (Å²) < 4.78 is 6.19. The summed E-state index contributed by atoms with van der Waals surface area (Å²) in [5.41, 5.74) is 5.69. The molecule has 1 aromatic carbocycles. The minimum absolute atomic E-state index is 0.0180. The van der Waals surface area contributed by atoms with Gasteiger partial charge < -0.3 is 15.5 Å². The summed E-state index contributed by atoms with van der Waals surface area (Å²) in [4.78, 5) is 17.4. The van der Waals surface area contributed by atoms with Crippen molar-refractivity contribution in [2.45, 2.75) is 0 Å². The molecule has 0 fully saturated rings. The van der Waals surface area contributed by atoms with Crippen LogP contribution in [0, 0.1) is 0 Å². The number of nitrogens with one attached hydrogen (secondary N) is 1. The van der Waals surface area contributed by atoms with Crippen molar-refractivity contribution in [2.24, 2.45) is 0 Å². The van der Waals surface area contributed by atoms with Crippen LogP contribution in [0.25, 0.3) is 0 Å². The lowest BCUT2D eigenvalue weighted by Crippen LogP contribution is -2.08. The largest absolute Gasteiger partial charge is 0.435 e. The Morgan fingerprint density at radius 2 is 2.24 bits per heavy atom. The van der Waals surface area contributed by atoms with Crippen LogP contribution in [-0.4, -0.2) is 9.97 Å². The molecule has 0 aliphatic heterocycles. The minimum atomic E-state index is -0.465. The van der Waals surface area contributed by atoms with Gasteiger partial charge in [-0.05, 0) is 18.2 Å². The second-order valence-electron chi connectivity index (χ2n) is 3.14. The monoisotopic (exact) mass is 315 g/mol. The third kappa shape index (κ3) is 2.59. The number of aromatic nitrogens is 2. The van der Waals surface area contributed by atoms with Gasteiger partial charge in [-0.25, -0.2) is 4.98 Å². The highest BCUT2D eigenvalue weighted by atomic mass is 79.9. The van der Waals surface area contributed by atoms with Crippen LogP contribution in [0.5, 0.6) is 11.6 Å². The molecule has 0 saturated carbocycles. The van der Waals surface area contributed by atoms with Crippen LogP contribution in [0.15, 0.2) is 33.8 Å². The summed E-state index contributed by atoms with van der Waals surface area (Å²) in [6.45, 7) is 0. The van der Waals surface area contributed by atoms with Crippen molar-refractivity contribution in [1.82, 2.24) is 9.97 Å². The first-order valence-electron chi connectivity index (χ1n) is 4.54. The summed E-state index contributed by atoms with van der Waals surface area (Å²) in [6, 6.07) is 5.09. The molecule has 0 bridgehead atoms. The molecule has 7 heteroatoms. The van der Waals surface area contributed by atoms with Gasteiger partial charge in [0, 0.05) is 4.47 Å². The molecule has 0 spiro atoms. The molecule has 17 heavy (non-hydrogen) atoms. The van der Waals surface area contributed by atoms with Crippen LogP contribution in [0.3, 0.4) is 0 Å². The molecule has 2 aromatic rings. The van der Waals surface area contributed by atoms with Crippen molar-refractivity contribution in [3.63, 3.8) is 0 Å². The lowest BCUT2D eigenvalue weighted by Gasteiger charge is -2.08. The predicted octanol–water partition coefficient (Wildman–Crippen LogP) is 2.56. The molecular formula is C10H7BrClN3O2. The Morgan fingerprint density at radius 1 is 1.47 bits per heavy atom. The SMILES string of the molecule is Nc1cc(Br)ccc1Oc1nc[nH]c(=O)c1Cl. The van der Waals surface area contributed by atoms with E-state index in [4.69, 9.17) is 22.1 Å². The molecule has 5 nitrogen and oxygen atoms in total. The Labute approximate surface area is 110 Å². The van der Waals surface area contributed by atoms with E-state index >= 15 is 0 Å². The molecule has 0 aliphatic rings. The van der Waals surface area contributed by atoms with Crippen molar-refractivity contribution in [1.29, 1.82) is 0 Å². The van der Waals surface area contributed by atoms with E-state index < -0.39 is 5.56 Å². The van der Waals surface area contributed by atoms with Gasteiger partial charge in [0.2, 0.25) is 5.88 Å². The molecule has 0 radical (unpaired) electrons. The quantitative estimate of drug-likeness (QED) is 0.834. The van der Waals surface area contributed by atoms with Gasteiger partial charge in [-0.3, -0.25) is 4.79 Å². The number of ether oxygens (including phenoxy) is 1. The number of hydrogen-bond acceptors (Lipinski definition) is 4. The van der Waals surface area contributed by atoms with Crippen molar-refractivity contribution < 1.29 is 4.74 Å². The zero-order valence-electron chi connectivity index (χ0n) is 8.41. The van der Waals surface area contributed by atoms with E-state index in [1.807, 2.05) is 0 Å². The van der Waals surface area contributed by atoms with Gasteiger partial charge in [-0.1, -0.05) is 27.5 Å². The maximum atomic E-state index is 11.2. The van der Waals surface area contributed by atoms with E-state index in [-0.39, 0.29) is 10.9 Å². The molecule has 88 valence electrons. The van der Waals surface area contributed by atoms with Crippen molar-refractivity contribution in [3.05, 3.63) is 44.4 Å². The Kier molecular flexibility index (Phi) is 3.35. The second kappa shape index (κ2) is 4.77. The van der Waals surface area contributed by atoms with Crippen LogP contribution in [0.4, 0.5) is 5.69 Å². The topological polar surface area (TPSA) is 81.0 Å². The smallest absolute Gasteiger partial charge is 0.273 e. The number of anilines is 1. The summed E-state index contributed by atoms with van der Waals surface area (Å²) in [7, 11) is 0. The number of rotatable bonds is 2. The number of nitrogens with zero attached hydrogens (tertiary/aromatic N) is 1. The number of nitrogen functional groups attached to an aromatic ring is 1. The Bertz CT molecular complexity index is 615. The molecule has 0 amide bonds. The molecule has 2 rings (SSSR count). The van der Waals surface area contributed by atoms with Gasteiger partial charge in [0.1, 0.15) is 0 Å².